The van der Waals surface area contributed by atoms with Gasteiger partial charge in [-0.1, -0.05) is 18.2 Å². The molecule has 0 radical (unpaired) electrons. The maximum atomic E-state index is 13.0. The van der Waals surface area contributed by atoms with Crippen molar-refractivity contribution >= 4 is 18.8 Å². The Kier molecular flexibility index (Phi) is 8.66. The number of aromatic nitrogens is 4. The fourth-order valence-corrected chi connectivity index (χ4v) is 5.30. The molecule has 0 spiro atoms. The minimum absolute atomic E-state index is 0.129. The maximum absolute atomic E-state index is 13.0. The summed E-state index contributed by atoms with van der Waals surface area (Å²) < 4.78 is 31.7. The first-order valence-electron chi connectivity index (χ1n) is 11.2. The van der Waals surface area contributed by atoms with Crippen LogP contribution in [0.4, 0.5) is 0 Å². The standard InChI is InChI=1S/C22H31N4O6P/c1-4-25-21(27)19-20(24-18(23-19)16-30-17-12-8-7-9-13-17)26(22(25)28)14-10-11-15-33(29,31-5-2)32-6-3/h7-9,12-13H,4-6,10-11,14-16H2,1-3H3,(H,23,24). The lowest BCUT2D eigenvalue weighted by molar-refractivity contribution is 0.219. The van der Waals surface area contributed by atoms with E-state index in [2.05, 4.69) is 9.97 Å². The molecule has 0 atom stereocenters. The van der Waals surface area contributed by atoms with Crippen molar-refractivity contribution in [1.82, 2.24) is 19.1 Å². The minimum atomic E-state index is -3.14. The average Bonchev–Trinajstić information content (AvgIpc) is 3.23. The van der Waals surface area contributed by atoms with Crippen LogP contribution < -0.4 is 16.0 Å². The molecule has 0 saturated carbocycles. The van der Waals surface area contributed by atoms with Crippen LogP contribution in [0.1, 0.15) is 39.4 Å². The molecule has 0 aliphatic carbocycles. The molecule has 1 N–H and O–H groups in total. The number of para-hydroxylation sites is 1. The highest BCUT2D eigenvalue weighted by Crippen LogP contribution is 2.48. The summed E-state index contributed by atoms with van der Waals surface area (Å²) in [5, 5.41) is 0. The van der Waals surface area contributed by atoms with Gasteiger partial charge in [0, 0.05) is 13.1 Å². The highest BCUT2D eigenvalue weighted by Gasteiger charge is 2.23. The summed E-state index contributed by atoms with van der Waals surface area (Å²) in [6.45, 7) is 6.59. The van der Waals surface area contributed by atoms with E-state index in [4.69, 9.17) is 13.8 Å². The van der Waals surface area contributed by atoms with E-state index in [0.717, 1.165) is 0 Å². The van der Waals surface area contributed by atoms with Crippen molar-refractivity contribution in [2.75, 3.05) is 19.4 Å². The van der Waals surface area contributed by atoms with Gasteiger partial charge < -0.3 is 18.8 Å². The number of aryl methyl sites for hydroxylation is 1. The molecule has 0 unspecified atom stereocenters. The lowest BCUT2D eigenvalue weighted by Crippen LogP contribution is -2.39. The third-order valence-electron chi connectivity index (χ3n) is 5.06. The Morgan fingerprint density at radius 1 is 1.00 bits per heavy atom. The van der Waals surface area contributed by atoms with E-state index < -0.39 is 18.8 Å². The zero-order valence-electron chi connectivity index (χ0n) is 19.3. The fraction of sp³-hybridized carbons (Fsp3) is 0.500. The molecule has 180 valence electrons. The monoisotopic (exact) mass is 478 g/mol. The molecule has 11 heteroatoms. The van der Waals surface area contributed by atoms with Gasteiger partial charge in [-0.05, 0) is 45.7 Å². The van der Waals surface area contributed by atoms with E-state index in [9.17, 15) is 14.2 Å². The Bertz CT molecular complexity index is 1210. The van der Waals surface area contributed by atoms with Crippen LogP contribution in [0.15, 0.2) is 39.9 Å². The Hall–Kier alpha value is -2.68. The quantitative estimate of drug-likeness (QED) is 0.295. The van der Waals surface area contributed by atoms with Crippen molar-refractivity contribution in [2.24, 2.45) is 0 Å². The first-order valence-corrected chi connectivity index (χ1v) is 12.9. The molecular weight excluding hydrogens is 447 g/mol. The molecule has 1 aromatic carbocycles. The summed E-state index contributed by atoms with van der Waals surface area (Å²) in [6.07, 6.45) is 1.34. The number of nitrogens with zero attached hydrogens (tertiary/aromatic N) is 3. The number of hydrogen-bond donors (Lipinski definition) is 1. The van der Waals surface area contributed by atoms with Crippen LogP contribution in [0, 0.1) is 0 Å². The second-order valence-electron chi connectivity index (χ2n) is 7.34. The molecule has 0 saturated heterocycles. The van der Waals surface area contributed by atoms with Crippen molar-refractivity contribution < 1.29 is 18.3 Å². The van der Waals surface area contributed by atoms with Crippen LogP contribution >= 0.6 is 7.60 Å². The topological polar surface area (TPSA) is 117 Å². The van der Waals surface area contributed by atoms with Gasteiger partial charge in [0.25, 0.3) is 5.56 Å². The molecule has 3 aromatic rings. The van der Waals surface area contributed by atoms with Gasteiger partial charge in [-0.25, -0.2) is 9.78 Å². The lowest BCUT2D eigenvalue weighted by atomic mass is 10.3. The van der Waals surface area contributed by atoms with E-state index in [0.29, 0.717) is 49.8 Å². The molecular formula is C22H31N4O6P. The zero-order valence-corrected chi connectivity index (χ0v) is 20.2. The van der Waals surface area contributed by atoms with Gasteiger partial charge in [-0.2, -0.15) is 0 Å². The smallest absolute Gasteiger partial charge is 0.332 e. The molecule has 2 aromatic heterocycles. The summed E-state index contributed by atoms with van der Waals surface area (Å²) in [7, 11) is -3.14. The summed E-state index contributed by atoms with van der Waals surface area (Å²) in [5.74, 6) is 1.12. The SMILES string of the molecule is CCOP(=O)(CCCCn1c(=O)n(CC)c(=O)c2[nH]c(COc3ccccc3)nc21)OCC. The number of imidazole rings is 1. The van der Waals surface area contributed by atoms with E-state index in [1.54, 1.807) is 20.8 Å². The van der Waals surface area contributed by atoms with Gasteiger partial charge >= 0.3 is 13.3 Å². The highest BCUT2D eigenvalue weighted by atomic mass is 31.2. The van der Waals surface area contributed by atoms with Gasteiger partial charge in [-0.15, -0.1) is 0 Å². The summed E-state index contributed by atoms with van der Waals surface area (Å²) in [4.78, 5) is 33.2. The minimum Gasteiger partial charge on any atom is -0.486 e. The molecule has 0 amide bonds. The van der Waals surface area contributed by atoms with Crippen LogP contribution in [0.3, 0.4) is 0 Å². The predicted molar refractivity (Wildman–Crippen MR) is 126 cm³/mol. The number of rotatable bonds is 13. The van der Waals surface area contributed by atoms with Gasteiger partial charge in [0.15, 0.2) is 5.65 Å². The molecule has 0 aliphatic rings. The zero-order chi connectivity index (χ0) is 23.8. The molecule has 0 bridgehead atoms. The Morgan fingerprint density at radius 3 is 2.33 bits per heavy atom. The molecule has 10 nitrogen and oxygen atoms in total. The average molecular weight is 478 g/mol. The summed E-state index contributed by atoms with van der Waals surface area (Å²) in [5.41, 5.74) is -0.282. The predicted octanol–water partition coefficient (Wildman–Crippen LogP) is 3.53. The van der Waals surface area contributed by atoms with Crippen molar-refractivity contribution in [2.45, 2.75) is 53.3 Å². The van der Waals surface area contributed by atoms with Gasteiger partial charge in [-0.3, -0.25) is 18.5 Å². The Labute approximate surface area is 192 Å². The third-order valence-corrected chi connectivity index (χ3v) is 7.23. The van der Waals surface area contributed by atoms with Gasteiger partial charge in [0.05, 0.1) is 19.4 Å². The Morgan fingerprint density at radius 2 is 1.70 bits per heavy atom. The van der Waals surface area contributed by atoms with E-state index in [1.165, 1.54) is 9.13 Å². The summed E-state index contributed by atoms with van der Waals surface area (Å²) >= 11 is 0. The molecule has 2 heterocycles. The molecule has 3 rings (SSSR count). The third kappa shape index (κ3) is 6.01. The van der Waals surface area contributed by atoms with Crippen molar-refractivity contribution in [3.05, 3.63) is 57.0 Å². The second-order valence-corrected chi connectivity index (χ2v) is 9.53. The normalized spacial score (nSPS) is 11.8. The number of aromatic amines is 1. The van der Waals surface area contributed by atoms with Crippen molar-refractivity contribution in [1.29, 1.82) is 0 Å². The first kappa shape index (κ1) is 25.0. The molecule has 0 fully saturated rings. The first-order chi connectivity index (χ1) is 15.9. The molecule has 0 aliphatic heterocycles. The second kappa shape index (κ2) is 11.4. The number of H-pyrrole nitrogens is 1. The number of hydrogen-bond acceptors (Lipinski definition) is 7. The van der Waals surface area contributed by atoms with Crippen LogP contribution in [0.2, 0.25) is 0 Å². The van der Waals surface area contributed by atoms with Crippen LogP contribution in [-0.2, 0) is 33.3 Å². The number of fused-ring (bicyclic) bond motifs is 1. The Balaban J connectivity index is 1.81. The number of unbranched alkanes of at least 4 members (excludes halogenated alkanes) is 1. The van der Waals surface area contributed by atoms with Crippen LogP contribution in [-0.4, -0.2) is 38.5 Å². The van der Waals surface area contributed by atoms with Crippen LogP contribution in [0.25, 0.3) is 11.2 Å². The summed E-state index contributed by atoms with van der Waals surface area (Å²) in [6, 6.07) is 9.27. The van der Waals surface area contributed by atoms with E-state index >= 15 is 0 Å². The number of benzene rings is 1. The fourth-order valence-electron chi connectivity index (χ4n) is 3.57. The number of nitrogens with one attached hydrogen (secondary N) is 1. The highest BCUT2D eigenvalue weighted by molar-refractivity contribution is 7.53. The van der Waals surface area contributed by atoms with E-state index in [-0.39, 0.29) is 24.8 Å². The van der Waals surface area contributed by atoms with Crippen molar-refractivity contribution in [3.8, 4) is 5.75 Å². The maximum Gasteiger partial charge on any atom is 0.332 e. The van der Waals surface area contributed by atoms with Gasteiger partial charge in [0.2, 0.25) is 0 Å². The lowest BCUT2D eigenvalue weighted by Gasteiger charge is -2.17. The van der Waals surface area contributed by atoms with Crippen LogP contribution in [0.5, 0.6) is 5.75 Å². The molecule has 33 heavy (non-hydrogen) atoms. The number of ether oxygens (including phenoxy) is 1. The van der Waals surface area contributed by atoms with Gasteiger partial charge in [0.1, 0.15) is 23.7 Å². The largest absolute Gasteiger partial charge is 0.486 e. The van der Waals surface area contributed by atoms with Crippen molar-refractivity contribution in [3.63, 3.8) is 0 Å². The van der Waals surface area contributed by atoms with E-state index in [1.807, 2.05) is 30.3 Å².